The third-order valence-electron chi connectivity index (χ3n) is 2.91. The van der Waals surface area contributed by atoms with Gasteiger partial charge in [0.1, 0.15) is 5.69 Å². The summed E-state index contributed by atoms with van der Waals surface area (Å²) in [7, 11) is 0. The number of carbonyl (C=O) groups excluding carboxylic acids is 1. The van der Waals surface area contributed by atoms with Crippen LogP contribution in [0.1, 0.15) is 49.8 Å². The highest BCUT2D eigenvalue weighted by molar-refractivity contribution is 5.93. The van der Waals surface area contributed by atoms with Gasteiger partial charge in [0.05, 0.1) is 11.6 Å². The lowest BCUT2D eigenvalue weighted by Crippen LogP contribution is -2.32. The van der Waals surface area contributed by atoms with Crippen molar-refractivity contribution >= 4 is 11.9 Å². The fourth-order valence-electron chi connectivity index (χ4n) is 1.57. The van der Waals surface area contributed by atoms with E-state index in [2.05, 4.69) is 10.4 Å². The molecule has 0 radical (unpaired) electrons. The van der Waals surface area contributed by atoms with Crippen LogP contribution in [0.25, 0.3) is 0 Å². The molecule has 106 valence electrons. The summed E-state index contributed by atoms with van der Waals surface area (Å²) in [5.74, 6) is -1.56. The molecule has 0 aliphatic heterocycles. The molecule has 1 unspecified atom stereocenters. The van der Waals surface area contributed by atoms with Crippen molar-refractivity contribution < 1.29 is 14.7 Å². The van der Waals surface area contributed by atoms with Crippen LogP contribution in [0.15, 0.2) is 6.07 Å². The molecule has 1 rings (SSSR count). The first kappa shape index (κ1) is 15.2. The number of nitrogens with zero attached hydrogens (tertiary/aromatic N) is 2. The molecule has 0 aliphatic rings. The first-order valence-corrected chi connectivity index (χ1v) is 6.45. The third kappa shape index (κ3) is 3.81. The monoisotopic (exact) mass is 267 g/mol. The number of rotatable bonds is 6. The molecule has 2 N–H and O–H groups in total. The number of hydrogen-bond donors (Lipinski definition) is 2. The molecule has 0 fully saturated rings. The van der Waals surface area contributed by atoms with Crippen LogP contribution in [-0.4, -0.2) is 33.3 Å². The van der Waals surface area contributed by atoms with Crippen molar-refractivity contribution in [1.29, 1.82) is 0 Å². The van der Waals surface area contributed by atoms with Crippen molar-refractivity contribution in [3.63, 3.8) is 0 Å². The SMILES string of the molecule is CCn1nc(C(C)C)cc1C(=O)NCC(C)C(=O)O. The zero-order chi connectivity index (χ0) is 14.6. The predicted octanol–water partition coefficient (Wildman–Crippen LogP) is 1.48. The standard InChI is InChI=1S/C13H21N3O3/c1-5-16-11(6-10(15-16)8(2)3)12(17)14-7-9(4)13(18)19/h6,8-9H,5,7H2,1-4H3,(H,14,17)(H,18,19). The van der Waals surface area contributed by atoms with Crippen LogP contribution < -0.4 is 5.32 Å². The van der Waals surface area contributed by atoms with Gasteiger partial charge in [-0.25, -0.2) is 0 Å². The maximum atomic E-state index is 12.0. The Morgan fingerprint density at radius 2 is 2.05 bits per heavy atom. The highest BCUT2D eigenvalue weighted by atomic mass is 16.4. The van der Waals surface area contributed by atoms with Crippen LogP contribution >= 0.6 is 0 Å². The molecular formula is C13H21N3O3. The Morgan fingerprint density at radius 1 is 1.42 bits per heavy atom. The molecule has 6 nitrogen and oxygen atoms in total. The van der Waals surface area contributed by atoms with E-state index in [0.717, 1.165) is 5.69 Å². The minimum Gasteiger partial charge on any atom is -0.481 e. The van der Waals surface area contributed by atoms with Gasteiger partial charge in [0.2, 0.25) is 0 Å². The van der Waals surface area contributed by atoms with E-state index in [0.29, 0.717) is 12.2 Å². The Labute approximate surface area is 112 Å². The Kier molecular flexibility index (Phi) is 5.09. The van der Waals surface area contributed by atoms with Crippen LogP contribution in [0, 0.1) is 5.92 Å². The number of amides is 1. The van der Waals surface area contributed by atoms with E-state index in [1.54, 1.807) is 17.7 Å². The first-order chi connectivity index (χ1) is 8.86. The first-order valence-electron chi connectivity index (χ1n) is 6.45. The van der Waals surface area contributed by atoms with Crippen molar-refractivity contribution in [2.75, 3.05) is 6.54 Å². The molecule has 0 saturated carbocycles. The lowest BCUT2D eigenvalue weighted by Gasteiger charge is -2.09. The number of aromatic nitrogens is 2. The number of carboxylic acids is 1. The molecular weight excluding hydrogens is 246 g/mol. The van der Waals surface area contributed by atoms with Gasteiger partial charge in [-0.1, -0.05) is 20.8 Å². The molecule has 19 heavy (non-hydrogen) atoms. The van der Waals surface area contributed by atoms with Gasteiger partial charge >= 0.3 is 5.97 Å². The van der Waals surface area contributed by atoms with Crippen LogP contribution in [0.2, 0.25) is 0 Å². The highest BCUT2D eigenvalue weighted by Gasteiger charge is 2.18. The normalized spacial score (nSPS) is 12.5. The number of carbonyl (C=O) groups is 2. The second kappa shape index (κ2) is 6.36. The Balaban J connectivity index is 2.78. The summed E-state index contributed by atoms with van der Waals surface area (Å²) in [5.41, 5.74) is 1.34. The van der Waals surface area contributed by atoms with Gasteiger partial charge in [0.25, 0.3) is 5.91 Å². The van der Waals surface area contributed by atoms with Gasteiger partial charge in [-0.3, -0.25) is 14.3 Å². The van der Waals surface area contributed by atoms with Crippen molar-refractivity contribution in [3.05, 3.63) is 17.5 Å². The second-order valence-corrected chi connectivity index (χ2v) is 4.87. The number of nitrogens with one attached hydrogen (secondary N) is 1. The number of aliphatic carboxylic acids is 1. The minimum atomic E-state index is -0.924. The molecule has 1 atom stereocenters. The zero-order valence-corrected chi connectivity index (χ0v) is 11.8. The maximum Gasteiger partial charge on any atom is 0.308 e. The summed E-state index contributed by atoms with van der Waals surface area (Å²) in [6.07, 6.45) is 0. The number of hydrogen-bond acceptors (Lipinski definition) is 3. The van der Waals surface area contributed by atoms with E-state index in [-0.39, 0.29) is 18.4 Å². The van der Waals surface area contributed by atoms with Gasteiger partial charge < -0.3 is 10.4 Å². The fourth-order valence-corrected chi connectivity index (χ4v) is 1.57. The van der Waals surface area contributed by atoms with E-state index in [1.165, 1.54) is 0 Å². The van der Waals surface area contributed by atoms with Crippen molar-refractivity contribution in [1.82, 2.24) is 15.1 Å². The second-order valence-electron chi connectivity index (χ2n) is 4.87. The smallest absolute Gasteiger partial charge is 0.308 e. The summed E-state index contributed by atoms with van der Waals surface area (Å²) >= 11 is 0. The minimum absolute atomic E-state index is 0.111. The third-order valence-corrected chi connectivity index (χ3v) is 2.91. The van der Waals surface area contributed by atoms with Crippen LogP contribution in [-0.2, 0) is 11.3 Å². The van der Waals surface area contributed by atoms with Gasteiger partial charge in [-0.15, -0.1) is 0 Å². The van der Waals surface area contributed by atoms with E-state index in [4.69, 9.17) is 5.11 Å². The van der Waals surface area contributed by atoms with Crippen LogP contribution in [0.5, 0.6) is 0 Å². The van der Waals surface area contributed by atoms with Gasteiger partial charge in [-0.05, 0) is 18.9 Å². The fraction of sp³-hybridized carbons (Fsp3) is 0.615. The average Bonchev–Trinajstić information content (AvgIpc) is 2.79. The molecule has 0 aromatic carbocycles. The van der Waals surface area contributed by atoms with E-state index >= 15 is 0 Å². The summed E-state index contributed by atoms with van der Waals surface area (Å²) in [5, 5.41) is 15.8. The van der Waals surface area contributed by atoms with Crippen molar-refractivity contribution in [2.45, 2.75) is 40.2 Å². The lowest BCUT2D eigenvalue weighted by molar-refractivity contribution is -0.140. The van der Waals surface area contributed by atoms with E-state index < -0.39 is 11.9 Å². The number of aryl methyl sites for hydroxylation is 1. The van der Waals surface area contributed by atoms with Crippen LogP contribution in [0.4, 0.5) is 0 Å². The maximum absolute atomic E-state index is 12.0. The molecule has 0 bridgehead atoms. The topological polar surface area (TPSA) is 84.2 Å². The molecule has 1 heterocycles. The largest absolute Gasteiger partial charge is 0.481 e. The van der Waals surface area contributed by atoms with Gasteiger partial charge in [0, 0.05) is 13.1 Å². The van der Waals surface area contributed by atoms with E-state index in [9.17, 15) is 9.59 Å². The quantitative estimate of drug-likeness (QED) is 0.817. The van der Waals surface area contributed by atoms with Gasteiger partial charge in [0.15, 0.2) is 0 Å². The summed E-state index contributed by atoms with van der Waals surface area (Å²) in [6, 6.07) is 1.76. The van der Waals surface area contributed by atoms with Crippen molar-refractivity contribution in [3.8, 4) is 0 Å². The lowest BCUT2D eigenvalue weighted by atomic mass is 10.1. The Morgan fingerprint density at radius 3 is 2.53 bits per heavy atom. The van der Waals surface area contributed by atoms with E-state index in [1.807, 2.05) is 20.8 Å². The molecule has 6 heteroatoms. The molecule has 1 amide bonds. The van der Waals surface area contributed by atoms with Gasteiger partial charge in [-0.2, -0.15) is 5.10 Å². The molecule has 0 spiro atoms. The predicted molar refractivity (Wildman–Crippen MR) is 71.1 cm³/mol. The highest BCUT2D eigenvalue weighted by Crippen LogP contribution is 2.14. The van der Waals surface area contributed by atoms with Crippen LogP contribution in [0.3, 0.4) is 0 Å². The van der Waals surface area contributed by atoms with Crippen molar-refractivity contribution in [2.24, 2.45) is 5.92 Å². The zero-order valence-electron chi connectivity index (χ0n) is 11.8. The summed E-state index contributed by atoms with van der Waals surface area (Å²) in [6.45, 7) is 8.20. The Bertz CT molecular complexity index is 466. The molecule has 0 saturated heterocycles. The summed E-state index contributed by atoms with van der Waals surface area (Å²) in [4.78, 5) is 22.7. The average molecular weight is 267 g/mol. The summed E-state index contributed by atoms with van der Waals surface area (Å²) < 4.78 is 1.64. The molecule has 1 aromatic rings. The molecule has 0 aliphatic carbocycles. The molecule has 1 aromatic heterocycles. The number of carboxylic acid groups (broad SMARTS) is 1. The Hall–Kier alpha value is -1.85.